The third-order valence-electron chi connectivity index (χ3n) is 9.92. The summed E-state index contributed by atoms with van der Waals surface area (Å²) in [4.78, 5) is 52.5. The van der Waals surface area contributed by atoms with E-state index >= 15 is 4.39 Å². The monoisotopic (exact) mass is 918 g/mol. The predicted molar refractivity (Wildman–Crippen MR) is 239 cm³/mol. The Kier molecular flexibility index (Phi) is 14.8. The molecule has 0 aliphatic carbocycles. The van der Waals surface area contributed by atoms with Gasteiger partial charge in [-0.25, -0.2) is 27.2 Å². The number of nitrogens with zero attached hydrogens (tertiary/aromatic N) is 2. The molecule has 1 aromatic heterocycles. The minimum Gasteiger partial charge on any atom is -0.479 e. The first-order valence-electron chi connectivity index (χ1n) is 20.3. The van der Waals surface area contributed by atoms with Crippen molar-refractivity contribution in [1.29, 1.82) is 0 Å². The number of thiophene rings is 1. The summed E-state index contributed by atoms with van der Waals surface area (Å²) < 4.78 is 67.6. The molecule has 2 aliphatic rings. The molecule has 2 saturated heterocycles. The van der Waals surface area contributed by atoms with Gasteiger partial charge in [0.25, 0.3) is 0 Å². The van der Waals surface area contributed by atoms with Gasteiger partial charge < -0.3 is 34.5 Å². The number of carbonyl (C=O) groups excluding carboxylic acids is 4. The molecule has 1 unspecified atom stereocenters. The average molecular weight is 920 g/mol. The molecule has 1 atom stereocenters. The van der Waals surface area contributed by atoms with E-state index in [1.807, 2.05) is 13.8 Å². The molecule has 0 bridgehead atoms. The fraction of sp³-hybridized carbons (Fsp3) is 0.500. The lowest BCUT2D eigenvalue weighted by Crippen LogP contribution is -2.55. The van der Waals surface area contributed by atoms with Crippen molar-refractivity contribution in [2.24, 2.45) is 5.92 Å². The fourth-order valence-electron chi connectivity index (χ4n) is 7.17. The van der Waals surface area contributed by atoms with Crippen LogP contribution in [0, 0.1) is 11.7 Å². The van der Waals surface area contributed by atoms with Gasteiger partial charge in [-0.3, -0.25) is 4.79 Å². The van der Waals surface area contributed by atoms with Gasteiger partial charge in [-0.1, -0.05) is 48.5 Å². The largest absolute Gasteiger partial charge is 0.479 e. The van der Waals surface area contributed by atoms with Gasteiger partial charge in [-0.15, -0.1) is 11.3 Å². The van der Waals surface area contributed by atoms with Crippen molar-refractivity contribution in [3.05, 3.63) is 69.8 Å². The summed E-state index contributed by atoms with van der Waals surface area (Å²) in [6, 6.07) is 9.39. The number of rotatable bonds is 14. The van der Waals surface area contributed by atoms with E-state index in [9.17, 15) is 27.6 Å². The van der Waals surface area contributed by atoms with Crippen LogP contribution >= 0.6 is 22.9 Å². The maximum Gasteiger partial charge on any atom is 0.410 e. The number of sulfonamides is 1. The van der Waals surface area contributed by atoms with Gasteiger partial charge in [0.15, 0.2) is 23.1 Å². The molecule has 3 heterocycles. The van der Waals surface area contributed by atoms with Crippen molar-refractivity contribution < 1.29 is 50.9 Å². The SMILES string of the molecule is C=Cc1ccc(CS(=O)(=O)N2CCC(Nc3cccc(-c4sc(C(=O)OC(C)(C)C)c(OCC(=O)OCC)c4Cl)c3F)CC2(C)C)cc1NC(=O)C1CN(C(=O)OC(C)(C)C)C1. The Morgan fingerprint density at radius 2 is 1.71 bits per heavy atom. The number of anilines is 2. The molecule has 2 amide bonds. The molecule has 2 aromatic carbocycles. The number of hydrogen-bond donors (Lipinski definition) is 2. The number of piperidine rings is 1. The zero-order valence-electron chi connectivity index (χ0n) is 36.6. The summed E-state index contributed by atoms with van der Waals surface area (Å²) in [6.07, 6.45) is 1.77. The van der Waals surface area contributed by atoms with Crippen LogP contribution in [0.4, 0.5) is 20.6 Å². The first kappa shape index (κ1) is 48.3. The van der Waals surface area contributed by atoms with Gasteiger partial charge in [0.1, 0.15) is 16.2 Å². The van der Waals surface area contributed by atoms with Crippen molar-refractivity contribution in [2.45, 2.75) is 104 Å². The Morgan fingerprint density at radius 3 is 2.32 bits per heavy atom. The Bertz CT molecular complexity index is 2310. The van der Waals surface area contributed by atoms with Gasteiger partial charge in [0.05, 0.1) is 28.8 Å². The molecule has 2 N–H and O–H groups in total. The zero-order chi connectivity index (χ0) is 45.9. The summed E-state index contributed by atoms with van der Waals surface area (Å²) in [6.45, 7) is 19.6. The molecule has 2 aliphatic heterocycles. The summed E-state index contributed by atoms with van der Waals surface area (Å²) in [5, 5.41) is 6.08. The van der Waals surface area contributed by atoms with E-state index in [0.717, 1.165) is 11.3 Å². The molecule has 3 aromatic rings. The lowest BCUT2D eigenvalue weighted by molar-refractivity contribution is -0.145. The molecule has 2 fully saturated rings. The molecule has 18 heteroatoms. The van der Waals surface area contributed by atoms with E-state index in [0.29, 0.717) is 29.7 Å². The number of likely N-dealkylation sites (tertiary alicyclic amines) is 1. The van der Waals surface area contributed by atoms with E-state index in [1.165, 1.54) is 15.3 Å². The van der Waals surface area contributed by atoms with Crippen molar-refractivity contribution in [3.8, 4) is 16.2 Å². The quantitative estimate of drug-likeness (QED) is 0.117. The van der Waals surface area contributed by atoms with Gasteiger partial charge in [0.2, 0.25) is 15.9 Å². The number of hydrogen-bond acceptors (Lipinski definition) is 12. The van der Waals surface area contributed by atoms with E-state index in [1.54, 1.807) is 84.9 Å². The summed E-state index contributed by atoms with van der Waals surface area (Å²) in [5.74, 6) is -3.31. The summed E-state index contributed by atoms with van der Waals surface area (Å²) in [5.41, 5.74) is -0.700. The lowest BCUT2D eigenvalue weighted by atomic mass is 9.89. The highest BCUT2D eigenvalue weighted by Gasteiger charge is 2.42. The van der Waals surface area contributed by atoms with E-state index in [4.69, 9.17) is 30.5 Å². The van der Waals surface area contributed by atoms with Crippen molar-refractivity contribution in [3.63, 3.8) is 0 Å². The molecule has 0 radical (unpaired) electrons. The molecular weight excluding hydrogens is 863 g/mol. The van der Waals surface area contributed by atoms with Crippen LogP contribution in [0.5, 0.6) is 5.75 Å². The van der Waals surface area contributed by atoms with Gasteiger partial charge >= 0.3 is 18.0 Å². The van der Waals surface area contributed by atoms with Crippen LogP contribution in [0.1, 0.15) is 96.0 Å². The first-order chi connectivity index (χ1) is 28.8. The second-order valence-corrected chi connectivity index (χ2v) is 21.1. The van der Waals surface area contributed by atoms with Crippen LogP contribution in [0.15, 0.2) is 43.0 Å². The minimum absolute atomic E-state index is 0.0446. The highest BCUT2D eigenvalue weighted by atomic mass is 35.5. The third kappa shape index (κ3) is 11.8. The Morgan fingerprint density at radius 1 is 1.03 bits per heavy atom. The molecule has 0 saturated carbocycles. The number of nitrogens with one attached hydrogen (secondary N) is 2. The van der Waals surface area contributed by atoms with Gasteiger partial charge in [-0.05, 0) is 98.4 Å². The normalized spacial score (nSPS) is 17.1. The third-order valence-corrected chi connectivity index (χ3v) is 13.6. The smallest absolute Gasteiger partial charge is 0.410 e. The van der Waals surface area contributed by atoms with Crippen molar-refractivity contribution in [1.82, 2.24) is 9.21 Å². The van der Waals surface area contributed by atoms with Crippen LogP contribution in [0.2, 0.25) is 5.02 Å². The van der Waals surface area contributed by atoms with Crippen LogP contribution in [-0.2, 0) is 39.6 Å². The number of halogens is 2. The molecule has 5 rings (SSSR count). The van der Waals surface area contributed by atoms with Gasteiger partial charge in [-0.2, -0.15) is 4.31 Å². The topological polar surface area (TPSA) is 170 Å². The molecule has 62 heavy (non-hydrogen) atoms. The molecule has 338 valence electrons. The Labute approximate surface area is 372 Å². The standard InChI is InChI=1S/C44H56ClFN4O10S2/c1-11-27-17-16-26(20-32(27)48-39(52)28-22-49(23-28)41(54)60-43(6,7)8)25-62(55,56)50-19-18-29(21-44(50,9)10)47-31-15-13-14-30(35(31)46)37-34(45)36(58-24-33(51)57-12-2)38(61-37)40(53)59-42(3,4)5/h11,13-17,20,28-29,47H,1,12,18-19,21-25H2,2-10H3,(H,48,52). The second-order valence-electron chi connectivity index (χ2n) is 17.8. The van der Waals surface area contributed by atoms with Crippen molar-refractivity contribution >= 4 is 74.4 Å². The molecule has 14 nitrogen and oxygen atoms in total. The predicted octanol–water partition coefficient (Wildman–Crippen LogP) is 8.74. The maximum absolute atomic E-state index is 16.5. The number of amides is 2. The lowest BCUT2D eigenvalue weighted by Gasteiger charge is -2.45. The fourth-order valence-corrected chi connectivity index (χ4v) is 10.6. The molecule has 0 spiro atoms. The van der Waals surface area contributed by atoms with Crippen LogP contribution in [-0.4, -0.2) is 97.2 Å². The van der Waals surface area contributed by atoms with Crippen LogP contribution < -0.4 is 15.4 Å². The van der Waals surface area contributed by atoms with Gasteiger partial charge in [0, 0.05) is 42.5 Å². The average Bonchev–Trinajstić information content (AvgIpc) is 3.44. The molecular formula is C44H56ClFN4O10S2. The zero-order valence-corrected chi connectivity index (χ0v) is 39.0. The summed E-state index contributed by atoms with van der Waals surface area (Å²) >= 11 is 7.62. The van der Waals surface area contributed by atoms with E-state index in [-0.39, 0.29) is 75.7 Å². The highest BCUT2D eigenvalue weighted by Crippen LogP contribution is 2.48. The number of benzene rings is 2. The van der Waals surface area contributed by atoms with E-state index in [2.05, 4.69) is 17.2 Å². The van der Waals surface area contributed by atoms with Crippen LogP contribution in [0.25, 0.3) is 16.5 Å². The van der Waals surface area contributed by atoms with Crippen molar-refractivity contribution in [2.75, 3.05) is 43.5 Å². The minimum atomic E-state index is -3.89. The van der Waals surface area contributed by atoms with Crippen LogP contribution in [0.3, 0.4) is 0 Å². The highest BCUT2D eigenvalue weighted by molar-refractivity contribution is 7.88. The number of esters is 2. The maximum atomic E-state index is 16.5. The first-order valence-corrected chi connectivity index (χ1v) is 23.1. The number of carbonyl (C=O) groups is 4. The Hall–Kier alpha value is -4.71. The Balaban J connectivity index is 1.28. The summed E-state index contributed by atoms with van der Waals surface area (Å²) in [7, 11) is -3.89. The van der Waals surface area contributed by atoms with E-state index < -0.39 is 63.1 Å². The second kappa shape index (κ2) is 19.0. The number of ether oxygens (including phenoxy) is 4.